The number of pyridine rings is 1. The van der Waals surface area contributed by atoms with Crippen LogP contribution in [0.2, 0.25) is 0 Å². The van der Waals surface area contributed by atoms with E-state index < -0.39 is 0 Å². The van der Waals surface area contributed by atoms with Gasteiger partial charge in [0.1, 0.15) is 0 Å². The molecular weight excluding hydrogens is 236 g/mol. The van der Waals surface area contributed by atoms with Crippen molar-refractivity contribution in [2.45, 2.75) is 64.6 Å². The number of hydrogen-bond donors (Lipinski definition) is 1. The highest BCUT2D eigenvalue weighted by molar-refractivity contribution is 5.17. The molecule has 0 radical (unpaired) electrons. The second-order valence-corrected chi connectivity index (χ2v) is 5.58. The van der Waals surface area contributed by atoms with Crippen LogP contribution in [-0.2, 0) is 11.3 Å². The molecule has 1 unspecified atom stereocenters. The van der Waals surface area contributed by atoms with Crippen LogP contribution in [0.3, 0.4) is 0 Å². The molecule has 1 atom stereocenters. The molecule has 2 heterocycles. The Balaban J connectivity index is 1.91. The molecule has 106 valence electrons. The Morgan fingerprint density at radius 2 is 2.21 bits per heavy atom. The van der Waals surface area contributed by atoms with Gasteiger partial charge in [-0.25, -0.2) is 0 Å². The normalized spacial score (nSPS) is 22.4. The van der Waals surface area contributed by atoms with Gasteiger partial charge in [0.05, 0.1) is 11.3 Å². The summed E-state index contributed by atoms with van der Waals surface area (Å²) in [6, 6.07) is 4.66. The van der Waals surface area contributed by atoms with Gasteiger partial charge in [0.25, 0.3) is 0 Å². The van der Waals surface area contributed by atoms with E-state index in [9.17, 15) is 0 Å². The van der Waals surface area contributed by atoms with Crippen molar-refractivity contribution >= 4 is 0 Å². The average molecular weight is 262 g/mol. The Hall–Kier alpha value is -0.930. The summed E-state index contributed by atoms with van der Waals surface area (Å²) in [5, 5.41) is 3.66. The minimum Gasteiger partial charge on any atom is -0.375 e. The van der Waals surface area contributed by atoms with Crippen molar-refractivity contribution in [2.75, 3.05) is 6.61 Å². The van der Waals surface area contributed by atoms with Crippen LogP contribution in [0.1, 0.15) is 50.8 Å². The van der Waals surface area contributed by atoms with Crippen molar-refractivity contribution < 1.29 is 4.74 Å². The number of nitrogens with one attached hydrogen (secondary N) is 1. The molecule has 2 rings (SSSR count). The molecule has 1 aromatic heterocycles. The Morgan fingerprint density at radius 3 is 2.89 bits per heavy atom. The molecule has 1 aromatic rings. The number of hydrogen-bond acceptors (Lipinski definition) is 3. The molecule has 0 aromatic carbocycles. The third-order valence-corrected chi connectivity index (χ3v) is 4.46. The number of aryl methyl sites for hydroxylation is 1. The summed E-state index contributed by atoms with van der Waals surface area (Å²) in [7, 11) is 0. The Labute approximate surface area is 116 Å². The van der Waals surface area contributed by atoms with E-state index in [-0.39, 0.29) is 5.60 Å². The van der Waals surface area contributed by atoms with Crippen molar-refractivity contribution in [3.8, 4) is 0 Å². The summed E-state index contributed by atoms with van der Waals surface area (Å²) >= 11 is 0. The van der Waals surface area contributed by atoms with Gasteiger partial charge in [-0.1, -0.05) is 19.9 Å². The molecule has 1 saturated heterocycles. The lowest BCUT2D eigenvalue weighted by molar-refractivity contribution is -0.0932. The SMILES string of the molecule is CCC1(CC)CC(NCc2ncccc2C)CCO1. The fourth-order valence-corrected chi connectivity index (χ4v) is 2.89. The standard InChI is InChI=1S/C16H26N2O/c1-4-16(5-2)11-14(8-10-19-16)18-12-15-13(3)7-6-9-17-15/h6-7,9,14,18H,4-5,8,10-12H2,1-3H3. The zero-order valence-electron chi connectivity index (χ0n) is 12.4. The first-order valence-electron chi connectivity index (χ1n) is 7.47. The minimum absolute atomic E-state index is 0.0923. The van der Waals surface area contributed by atoms with Gasteiger partial charge >= 0.3 is 0 Å². The van der Waals surface area contributed by atoms with Crippen LogP contribution in [0.15, 0.2) is 18.3 Å². The Morgan fingerprint density at radius 1 is 1.42 bits per heavy atom. The van der Waals surface area contributed by atoms with E-state index in [1.54, 1.807) is 0 Å². The zero-order chi connectivity index (χ0) is 13.7. The maximum absolute atomic E-state index is 6.01. The molecule has 0 amide bonds. The third kappa shape index (κ3) is 3.54. The molecule has 1 N–H and O–H groups in total. The predicted octanol–water partition coefficient (Wildman–Crippen LogP) is 3.22. The molecule has 3 heteroatoms. The van der Waals surface area contributed by atoms with Crippen LogP contribution < -0.4 is 5.32 Å². The summed E-state index contributed by atoms with van der Waals surface area (Å²) in [5.74, 6) is 0. The molecule has 0 saturated carbocycles. The van der Waals surface area contributed by atoms with Gasteiger partial charge in [-0.2, -0.15) is 0 Å². The van der Waals surface area contributed by atoms with Gasteiger partial charge in [0.15, 0.2) is 0 Å². The smallest absolute Gasteiger partial charge is 0.0692 e. The van der Waals surface area contributed by atoms with Gasteiger partial charge in [0.2, 0.25) is 0 Å². The second-order valence-electron chi connectivity index (χ2n) is 5.58. The van der Waals surface area contributed by atoms with Crippen LogP contribution in [0.4, 0.5) is 0 Å². The summed E-state index contributed by atoms with van der Waals surface area (Å²) in [6.07, 6.45) is 6.30. The summed E-state index contributed by atoms with van der Waals surface area (Å²) in [4.78, 5) is 4.45. The second kappa shape index (κ2) is 6.49. The van der Waals surface area contributed by atoms with E-state index >= 15 is 0 Å². The van der Waals surface area contributed by atoms with Gasteiger partial charge in [-0.05, 0) is 44.2 Å². The highest BCUT2D eigenvalue weighted by Gasteiger charge is 2.34. The molecule has 19 heavy (non-hydrogen) atoms. The van der Waals surface area contributed by atoms with Crippen LogP contribution in [-0.4, -0.2) is 23.2 Å². The summed E-state index contributed by atoms with van der Waals surface area (Å²) in [6.45, 7) is 8.32. The van der Waals surface area contributed by atoms with Crippen LogP contribution in [0.5, 0.6) is 0 Å². The fraction of sp³-hybridized carbons (Fsp3) is 0.688. The van der Waals surface area contributed by atoms with E-state index in [1.165, 1.54) is 5.56 Å². The van der Waals surface area contributed by atoms with Gasteiger partial charge in [-0.3, -0.25) is 4.98 Å². The monoisotopic (exact) mass is 262 g/mol. The van der Waals surface area contributed by atoms with Crippen molar-refractivity contribution in [3.63, 3.8) is 0 Å². The lowest BCUT2D eigenvalue weighted by Crippen LogP contribution is -2.46. The highest BCUT2D eigenvalue weighted by atomic mass is 16.5. The first kappa shape index (κ1) is 14.5. The largest absolute Gasteiger partial charge is 0.375 e. The number of rotatable bonds is 5. The minimum atomic E-state index is 0.0923. The number of aromatic nitrogens is 1. The molecule has 1 aliphatic rings. The fourth-order valence-electron chi connectivity index (χ4n) is 2.89. The quantitative estimate of drug-likeness (QED) is 0.884. The van der Waals surface area contributed by atoms with Crippen molar-refractivity contribution in [1.82, 2.24) is 10.3 Å². The maximum Gasteiger partial charge on any atom is 0.0692 e. The lowest BCUT2D eigenvalue weighted by atomic mass is 9.86. The van der Waals surface area contributed by atoms with E-state index in [2.05, 4.69) is 37.1 Å². The lowest BCUT2D eigenvalue weighted by Gasteiger charge is -2.40. The number of ether oxygens (including phenoxy) is 1. The van der Waals surface area contributed by atoms with E-state index in [1.807, 2.05) is 12.3 Å². The third-order valence-electron chi connectivity index (χ3n) is 4.46. The zero-order valence-corrected chi connectivity index (χ0v) is 12.4. The van der Waals surface area contributed by atoms with Crippen LogP contribution in [0.25, 0.3) is 0 Å². The average Bonchev–Trinajstić information content (AvgIpc) is 2.46. The molecule has 1 aliphatic heterocycles. The molecule has 0 aliphatic carbocycles. The van der Waals surface area contributed by atoms with Crippen LogP contribution in [0, 0.1) is 6.92 Å². The summed E-state index contributed by atoms with van der Waals surface area (Å²) in [5.41, 5.74) is 2.52. The van der Waals surface area contributed by atoms with Crippen LogP contribution >= 0.6 is 0 Å². The van der Waals surface area contributed by atoms with E-state index in [4.69, 9.17) is 4.74 Å². The van der Waals surface area contributed by atoms with E-state index in [0.717, 1.165) is 44.5 Å². The molecular formula is C16H26N2O. The molecule has 3 nitrogen and oxygen atoms in total. The van der Waals surface area contributed by atoms with Gasteiger partial charge in [0, 0.05) is 25.4 Å². The molecule has 0 bridgehead atoms. The van der Waals surface area contributed by atoms with E-state index in [0.29, 0.717) is 6.04 Å². The Kier molecular flexibility index (Phi) is 4.94. The maximum atomic E-state index is 6.01. The summed E-state index contributed by atoms with van der Waals surface area (Å²) < 4.78 is 6.01. The topological polar surface area (TPSA) is 34.2 Å². The Bertz CT molecular complexity index is 401. The first-order chi connectivity index (χ1) is 9.19. The van der Waals surface area contributed by atoms with Crippen molar-refractivity contribution in [2.24, 2.45) is 0 Å². The first-order valence-corrected chi connectivity index (χ1v) is 7.47. The molecule has 0 spiro atoms. The van der Waals surface area contributed by atoms with Crippen molar-refractivity contribution in [1.29, 1.82) is 0 Å². The predicted molar refractivity (Wildman–Crippen MR) is 78.1 cm³/mol. The van der Waals surface area contributed by atoms with Gasteiger partial charge in [-0.15, -0.1) is 0 Å². The van der Waals surface area contributed by atoms with Gasteiger partial charge < -0.3 is 10.1 Å². The van der Waals surface area contributed by atoms with Crippen molar-refractivity contribution in [3.05, 3.63) is 29.6 Å². The highest BCUT2D eigenvalue weighted by Crippen LogP contribution is 2.31. The molecule has 1 fully saturated rings. The number of nitrogens with zero attached hydrogens (tertiary/aromatic N) is 1.